The van der Waals surface area contributed by atoms with Crippen molar-refractivity contribution in [1.29, 1.82) is 0 Å². The molecule has 0 unspecified atom stereocenters. The maximum absolute atomic E-state index is 4.87. The van der Waals surface area contributed by atoms with Gasteiger partial charge in [0.2, 0.25) is 0 Å². The van der Waals surface area contributed by atoms with Crippen molar-refractivity contribution in [3.05, 3.63) is 28.2 Å². The Kier molecular flexibility index (Phi) is 3.47. The van der Waals surface area contributed by atoms with Gasteiger partial charge in [-0.3, -0.25) is 0 Å². The first-order valence-corrected chi connectivity index (χ1v) is 9.55. The van der Waals surface area contributed by atoms with Crippen molar-refractivity contribution < 1.29 is 0 Å². The van der Waals surface area contributed by atoms with Crippen LogP contribution in [0.2, 0.25) is 0 Å². The first-order chi connectivity index (χ1) is 11.9. The van der Waals surface area contributed by atoms with Crippen molar-refractivity contribution in [2.75, 3.05) is 18.0 Å². The molecule has 0 atom stereocenters. The third-order valence-corrected chi connectivity index (χ3v) is 6.40. The molecule has 24 heavy (non-hydrogen) atoms. The second-order valence-corrected chi connectivity index (χ2v) is 7.93. The van der Waals surface area contributed by atoms with Gasteiger partial charge in [0.15, 0.2) is 11.5 Å². The quantitative estimate of drug-likeness (QED) is 0.794. The van der Waals surface area contributed by atoms with Crippen LogP contribution in [0.15, 0.2) is 12.7 Å². The van der Waals surface area contributed by atoms with Crippen LogP contribution in [0, 0.1) is 5.92 Å². The van der Waals surface area contributed by atoms with Gasteiger partial charge in [0.1, 0.15) is 11.8 Å². The molecule has 0 saturated carbocycles. The van der Waals surface area contributed by atoms with E-state index in [1.165, 1.54) is 42.8 Å². The second kappa shape index (κ2) is 5.81. The van der Waals surface area contributed by atoms with Crippen LogP contribution in [0.4, 0.5) is 5.82 Å². The summed E-state index contributed by atoms with van der Waals surface area (Å²) in [6.07, 6.45) is 10.6. The molecule has 4 heterocycles. The number of imidazole rings is 1. The fourth-order valence-corrected chi connectivity index (χ4v) is 5.19. The summed E-state index contributed by atoms with van der Waals surface area (Å²) in [5.74, 6) is 1.73. The second-order valence-electron chi connectivity index (χ2n) is 6.76. The number of piperidine rings is 1. The summed E-state index contributed by atoms with van der Waals surface area (Å²) in [5.41, 5.74) is 3.08. The normalized spacial score (nSPS) is 18.4. The van der Waals surface area contributed by atoms with Gasteiger partial charge in [-0.25, -0.2) is 19.9 Å². The average molecular weight is 340 g/mol. The number of hydrogen-bond acceptors (Lipinski definition) is 6. The number of hydrogen-bond donors (Lipinski definition) is 1. The van der Waals surface area contributed by atoms with E-state index in [1.54, 1.807) is 17.5 Å². The molecule has 1 saturated heterocycles. The van der Waals surface area contributed by atoms with Crippen molar-refractivity contribution >= 4 is 28.3 Å². The molecule has 0 bridgehead atoms. The van der Waals surface area contributed by atoms with E-state index >= 15 is 0 Å². The Labute approximate surface area is 144 Å². The monoisotopic (exact) mass is 340 g/mol. The molecule has 1 fully saturated rings. The summed E-state index contributed by atoms with van der Waals surface area (Å²) in [6.45, 7) is 2.09. The van der Waals surface area contributed by atoms with Crippen LogP contribution in [0.25, 0.3) is 11.2 Å². The van der Waals surface area contributed by atoms with Crippen molar-refractivity contribution in [2.45, 2.75) is 38.5 Å². The van der Waals surface area contributed by atoms with E-state index in [0.29, 0.717) is 0 Å². The third-order valence-electron chi connectivity index (χ3n) is 5.22. The fourth-order valence-electron chi connectivity index (χ4n) is 3.92. The zero-order valence-electron chi connectivity index (χ0n) is 13.5. The van der Waals surface area contributed by atoms with E-state index in [2.05, 4.69) is 24.8 Å². The van der Waals surface area contributed by atoms with E-state index in [0.717, 1.165) is 42.4 Å². The number of anilines is 1. The van der Waals surface area contributed by atoms with Gasteiger partial charge in [-0.05, 0) is 38.0 Å². The van der Waals surface area contributed by atoms with Crippen LogP contribution in [0.3, 0.4) is 0 Å². The number of aromatic amines is 1. The Hall–Kier alpha value is -2.02. The maximum Gasteiger partial charge on any atom is 0.182 e. The Morgan fingerprint density at radius 3 is 2.96 bits per heavy atom. The lowest BCUT2D eigenvalue weighted by Gasteiger charge is -2.32. The molecule has 0 aromatic carbocycles. The van der Waals surface area contributed by atoms with Crippen LogP contribution >= 0.6 is 11.3 Å². The molecule has 1 aliphatic carbocycles. The largest absolute Gasteiger partial charge is 0.355 e. The highest BCUT2D eigenvalue weighted by Gasteiger charge is 2.24. The molecule has 1 aliphatic heterocycles. The number of aryl methyl sites for hydroxylation is 2. The molecule has 1 N–H and O–H groups in total. The van der Waals surface area contributed by atoms with Gasteiger partial charge in [0.05, 0.1) is 17.0 Å². The van der Waals surface area contributed by atoms with Gasteiger partial charge in [-0.15, -0.1) is 11.3 Å². The van der Waals surface area contributed by atoms with Crippen molar-refractivity contribution in [2.24, 2.45) is 5.92 Å². The van der Waals surface area contributed by atoms with Crippen molar-refractivity contribution in [3.8, 4) is 0 Å². The number of rotatable bonds is 3. The summed E-state index contributed by atoms with van der Waals surface area (Å²) < 4.78 is 0. The molecule has 124 valence electrons. The van der Waals surface area contributed by atoms with Gasteiger partial charge in [-0.2, -0.15) is 0 Å². The number of nitrogens with zero attached hydrogens (tertiary/aromatic N) is 5. The Balaban J connectivity index is 1.26. The first kappa shape index (κ1) is 14.3. The van der Waals surface area contributed by atoms with Gasteiger partial charge in [0.25, 0.3) is 0 Å². The summed E-state index contributed by atoms with van der Waals surface area (Å²) in [4.78, 5) is 24.9. The Bertz CT molecular complexity index is 839. The molecular weight excluding hydrogens is 320 g/mol. The minimum absolute atomic E-state index is 0.742. The predicted molar refractivity (Wildman–Crippen MR) is 94.5 cm³/mol. The molecule has 2 aliphatic rings. The minimum Gasteiger partial charge on any atom is -0.355 e. The van der Waals surface area contributed by atoms with E-state index in [4.69, 9.17) is 4.98 Å². The minimum atomic E-state index is 0.742. The average Bonchev–Trinajstić information content (AvgIpc) is 3.30. The molecule has 3 aromatic heterocycles. The molecule has 3 aromatic rings. The lowest BCUT2D eigenvalue weighted by Crippen LogP contribution is -2.35. The van der Waals surface area contributed by atoms with Crippen molar-refractivity contribution in [3.63, 3.8) is 0 Å². The molecule has 5 rings (SSSR count). The van der Waals surface area contributed by atoms with Crippen molar-refractivity contribution in [1.82, 2.24) is 24.9 Å². The SMILES string of the molecule is c1nc(N2CCC(Cc3nc4c(s3)CCC4)CC2)c2[nH]cnc2n1. The Morgan fingerprint density at radius 2 is 2.08 bits per heavy atom. The van der Waals surface area contributed by atoms with Crippen LogP contribution in [-0.2, 0) is 19.3 Å². The summed E-state index contributed by atoms with van der Waals surface area (Å²) in [6, 6.07) is 0. The highest BCUT2D eigenvalue weighted by atomic mass is 32.1. The smallest absolute Gasteiger partial charge is 0.182 e. The van der Waals surface area contributed by atoms with Gasteiger partial charge in [0, 0.05) is 24.4 Å². The molecular formula is C17H20N6S. The number of H-pyrrole nitrogens is 1. The van der Waals surface area contributed by atoms with Crippen LogP contribution < -0.4 is 4.90 Å². The van der Waals surface area contributed by atoms with E-state index < -0.39 is 0 Å². The molecule has 0 radical (unpaired) electrons. The molecule has 6 nitrogen and oxygen atoms in total. The number of thiazole rings is 1. The van der Waals surface area contributed by atoms with Gasteiger partial charge in [-0.1, -0.05) is 0 Å². The standard InChI is InChI=1S/C17H20N6S/c1-2-12-13(3-1)24-14(22-12)8-11-4-6-23(7-5-11)17-15-16(19-9-18-15)20-10-21-17/h9-11H,1-8H2,(H,18,19,20,21). The number of fused-ring (bicyclic) bond motifs is 2. The predicted octanol–water partition coefficient (Wildman–Crippen LogP) is 2.76. The summed E-state index contributed by atoms with van der Waals surface area (Å²) in [5, 5.41) is 1.36. The molecule has 7 heteroatoms. The Morgan fingerprint density at radius 1 is 1.17 bits per heavy atom. The lowest BCUT2D eigenvalue weighted by atomic mass is 9.94. The lowest BCUT2D eigenvalue weighted by molar-refractivity contribution is 0.402. The maximum atomic E-state index is 4.87. The summed E-state index contributed by atoms with van der Waals surface area (Å²) >= 11 is 1.96. The molecule has 0 amide bonds. The topological polar surface area (TPSA) is 70.6 Å². The highest BCUT2D eigenvalue weighted by molar-refractivity contribution is 7.11. The van der Waals surface area contributed by atoms with Crippen LogP contribution in [0.1, 0.15) is 34.8 Å². The number of aromatic nitrogens is 5. The van der Waals surface area contributed by atoms with Crippen LogP contribution in [-0.4, -0.2) is 38.0 Å². The van der Waals surface area contributed by atoms with Crippen LogP contribution in [0.5, 0.6) is 0 Å². The van der Waals surface area contributed by atoms with E-state index in [9.17, 15) is 0 Å². The zero-order valence-corrected chi connectivity index (χ0v) is 14.3. The zero-order chi connectivity index (χ0) is 15.9. The van der Waals surface area contributed by atoms with E-state index in [1.807, 2.05) is 11.3 Å². The fraction of sp³-hybridized carbons (Fsp3) is 0.529. The highest BCUT2D eigenvalue weighted by Crippen LogP contribution is 2.32. The van der Waals surface area contributed by atoms with Gasteiger partial charge < -0.3 is 9.88 Å². The summed E-state index contributed by atoms with van der Waals surface area (Å²) in [7, 11) is 0. The van der Waals surface area contributed by atoms with E-state index in [-0.39, 0.29) is 0 Å². The first-order valence-electron chi connectivity index (χ1n) is 8.73. The van der Waals surface area contributed by atoms with Gasteiger partial charge >= 0.3 is 0 Å². The number of nitrogens with one attached hydrogen (secondary N) is 1. The third kappa shape index (κ3) is 2.47. The molecule has 0 spiro atoms.